The van der Waals surface area contributed by atoms with Crippen molar-refractivity contribution in [2.45, 2.75) is 37.6 Å². The van der Waals surface area contributed by atoms with Crippen molar-refractivity contribution >= 4 is 5.91 Å². The molecule has 1 saturated heterocycles. The van der Waals surface area contributed by atoms with Gasteiger partial charge < -0.3 is 15.0 Å². The van der Waals surface area contributed by atoms with Gasteiger partial charge in [0, 0.05) is 37.0 Å². The highest BCUT2D eigenvalue weighted by molar-refractivity contribution is 5.94. The highest BCUT2D eigenvalue weighted by Crippen LogP contribution is 2.29. The van der Waals surface area contributed by atoms with E-state index < -0.39 is 0 Å². The Hall–Kier alpha value is -3.11. The molecular formula is C29H32N2O2. The van der Waals surface area contributed by atoms with Crippen molar-refractivity contribution < 1.29 is 9.53 Å². The lowest BCUT2D eigenvalue weighted by molar-refractivity contribution is 0.0910. The van der Waals surface area contributed by atoms with Crippen LogP contribution in [-0.2, 0) is 6.42 Å². The summed E-state index contributed by atoms with van der Waals surface area (Å²) in [6.07, 6.45) is 3.99. The quantitative estimate of drug-likeness (QED) is 0.560. The summed E-state index contributed by atoms with van der Waals surface area (Å²) in [6.45, 7) is 3.84. The van der Waals surface area contributed by atoms with Crippen LogP contribution in [-0.4, -0.2) is 43.1 Å². The lowest BCUT2D eigenvalue weighted by Gasteiger charge is -2.33. The smallest absolute Gasteiger partial charge is 0.251 e. The second-order valence-electron chi connectivity index (χ2n) is 9.17. The number of nitrogens with zero attached hydrogens (tertiary/aromatic N) is 1. The van der Waals surface area contributed by atoms with Gasteiger partial charge in [0.2, 0.25) is 0 Å². The van der Waals surface area contributed by atoms with Crippen LogP contribution < -0.4 is 10.1 Å². The van der Waals surface area contributed by atoms with Crippen molar-refractivity contribution in [1.29, 1.82) is 0 Å². The molecule has 0 aliphatic carbocycles. The van der Waals surface area contributed by atoms with Gasteiger partial charge in [-0.3, -0.25) is 4.79 Å². The summed E-state index contributed by atoms with van der Waals surface area (Å²) >= 11 is 0. The molecule has 5 rings (SSSR count). The molecule has 4 heteroatoms. The zero-order valence-corrected chi connectivity index (χ0v) is 19.1. The Morgan fingerprint density at radius 1 is 0.939 bits per heavy atom. The highest BCUT2D eigenvalue weighted by atomic mass is 16.5. The normalized spacial score (nSPS) is 16.4. The van der Waals surface area contributed by atoms with Crippen molar-refractivity contribution in [2.24, 2.45) is 0 Å². The molecule has 3 aromatic carbocycles. The second kappa shape index (κ2) is 10.2. The number of likely N-dealkylation sites (tertiary alicyclic amines) is 1. The van der Waals surface area contributed by atoms with Gasteiger partial charge >= 0.3 is 0 Å². The van der Waals surface area contributed by atoms with Gasteiger partial charge in [-0.2, -0.15) is 0 Å². The number of hydrogen-bond acceptors (Lipinski definition) is 3. The number of hydrogen-bond donors (Lipinski definition) is 1. The second-order valence-corrected chi connectivity index (χ2v) is 9.17. The SMILES string of the molecule is O=C(NC1CCN(CCC(c2ccccc2)c2ccccc2)CC1)c1ccc2c(c1)CCO2. The number of piperidine rings is 1. The van der Waals surface area contributed by atoms with E-state index in [0.717, 1.165) is 62.2 Å². The van der Waals surface area contributed by atoms with Crippen molar-refractivity contribution in [3.63, 3.8) is 0 Å². The molecule has 2 aliphatic heterocycles. The standard InChI is InChI=1S/C29H32N2O2/c32-29(25-11-12-28-24(21-25)16-20-33-28)30-26-13-17-31(18-14-26)19-15-27(22-7-3-1-4-8-22)23-9-5-2-6-10-23/h1-12,21,26-27H,13-20H2,(H,30,32). The topological polar surface area (TPSA) is 41.6 Å². The molecule has 3 aromatic rings. The third-order valence-electron chi connectivity index (χ3n) is 7.01. The maximum Gasteiger partial charge on any atom is 0.251 e. The summed E-state index contributed by atoms with van der Waals surface area (Å²) in [6, 6.07) is 27.7. The molecule has 2 aliphatic rings. The monoisotopic (exact) mass is 440 g/mol. The average Bonchev–Trinajstić information content (AvgIpc) is 3.34. The van der Waals surface area contributed by atoms with Crippen LogP contribution in [0.4, 0.5) is 0 Å². The summed E-state index contributed by atoms with van der Waals surface area (Å²) in [4.78, 5) is 15.3. The summed E-state index contributed by atoms with van der Waals surface area (Å²) in [7, 11) is 0. The number of carbonyl (C=O) groups excluding carboxylic acids is 1. The first-order chi connectivity index (χ1) is 16.3. The molecule has 0 bridgehead atoms. The molecule has 170 valence electrons. The van der Waals surface area contributed by atoms with Crippen LogP contribution in [0, 0.1) is 0 Å². The van der Waals surface area contributed by atoms with Crippen LogP contribution in [0.1, 0.15) is 52.2 Å². The first-order valence-electron chi connectivity index (χ1n) is 12.1. The number of fused-ring (bicyclic) bond motifs is 1. The van der Waals surface area contributed by atoms with Crippen LogP contribution >= 0.6 is 0 Å². The maximum absolute atomic E-state index is 12.8. The molecule has 1 amide bonds. The lowest BCUT2D eigenvalue weighted by Crippen LogP contribution is -2.45. The molecule has 33 heavy (non-hydrogen) atoms. The molecule has 0 radical (unpaired) electrons. The summed E-state index contributed by atoms with van der Waals surface area (Å²) < 4.78 is 5.55. The number of carbonyl (C=O) groups is 1. The Balaban J connectivity index is 1.14. The number of ether oxygens (including phenoxy) is 1. The van der Waals surface area contributed by atoms with Gasteiger partial charge in [-0.05, 0) is 60.7 Å². The zero-order chi connectivity index (χ0) is 22.5. The molecule has 0 atom stereocenters. The Labute approximate surface area is 196 Å². The van der Waals surface area contributed by atoms with E-state index in [2.05, 4.69) is 70.9 Å². The molecule has 1 fully saturated rings. The largest absolute Gasteiger partial charge is 0.493 e. The van der Waals surface area contributed by atoms with E-state index in [1.165, 1.54) is 11.1 Å². The van der Waals surface area contributed by atoms with E-state index in [0.29, 0.717) is 12.5 Å². The van der Waals surface area contributed by atoms with Crippen molar-refractivity contribution in [1.82, 2.24) is 10.2 Å². The minimum absolute atomic E-state index is 0.0383. The molecular weight excluding hydrogens is 408 g/mol. The van der Waals surface area contributed by atoms with Crippen molar-refractivity contribution in [3.8, 4) is 5.75 Å². The van der Waals surface area contributed by atoms with Crippen molar-refractivity contribution in [3.05, 3.63) is 101 Å². The van der Waals surface area contributed by atoms with E-state index in [-0.39, 0.29) is 11.9 Å². The first kappa shape index (κ1) is 21.7. The van der Waals surface area contributed by atoms with E-state index >= 15 is 0 Å². The Morgan fingerprint density at radius 2 is 1.61 bits per heavy atom. The Kier molecular flexibility index (Phi) is 6.73. The number of benzene rings is 3. The van der Waals surface area contributed by atoms with E-state index in [1.54, 1.807) is 0 Å². The van der Waals surface area contributed by atoms with Gasteiger partial charge in [0.25, 0.3) is 5.91 Å². The van der Waals surface area contributed by atoms with Gasteiger partial charge in [-0.15, -0.1) is 0 Å². The Morgan fingerprint density at radius 3 is 2.27 bits per heavy atom. The van der Waals surface area contributed by atoms with Crippen LogP contribution in [0.5, 0.6) is 5.75 Å². The fourth-order valence-electron chi connectivity index (χ4n) is 5.11. The fourth-order valence-corrected chi connectivity index (χ4v) is 5.11. The summed E-state index contributed by atoms with van der Waals surface area (Å²) in [5, 5.41) is 3.26. The molecule has 4 nitrogen and oxygen atoms in total. The third-order valence-corrected chi connectivity index (χ3v) is 7.01. The molecule has 0 spiro atoms. The number of nitrogens with one attached hydrogen (secondary N) is 1. The number of rotatable bonds is 7. The zero-order valence-electron chi connectivity index (χ0n) is 19.1. The van der Waals surface area contributed by atoms with Crippen LogP contribution in [0.3, 0.4) is 0 Å². The van der Waals surface area contributed by atoms with Crippen LogP contribution in [0.25, 0.3) is 0 Å². The van der Waals surface area contributed by atoms with E-state index in [9.17, 15) is 4.79 Å². The third kappa shape index (κ3) is 5.28. The van der Waals surface area contributed by atoms with Gasteiger partial charge in [0.15, 0.2) is 0 Å². The van der Waals surface area contributed by atoms with Gasteiger partial charge in [0.1, 0.15) is 5.75 Å². The summed E-state index contributed by atoms with van der Waals surface area (Å²) in [5.74, 6) is 1.37. The molecule has 0 saturated carbocycles. The highest BCUT2D eigenvalue weighted by Gasteiger charge is 2.23. The maximum atomic E-state index is 12.8. The van der Waals surface area contributed by atoms with E-state index in [1.807, 2.05) is 18.2 Å². The molecule has 0 aromatic heterocycles. The molecule has 0 unspecified atom stereocenters. The first-order valence-corrected chi connectivity index (χ1v) is 12.1. The molecule has 1 N–H and O–H groups in total. The summed E-state index contributed by atoms with van der Waals surface area (Å²) in [5.41, 5.74) is 4.65. The van der Waals surface area contributed by atoms with Gasteiger partial charge in [0.05, 0.1) is 6.61 Å². The average molecular weight is 441 g/mol. The predicted molar refractivity (Wildman–Crippen MR) is 132 cm³/mol. The van der Waals surface area contributed by atoms with Crippen LogP contribution in [0.15, 0.2) is 78.9 Å². The minimum atomic E-state index is 0.0383. The Bertz CT molecular complexity index is 1020. The van der Waals surface area contributed by atoms with Gasteiger partial charge in [-0.1, -0.05) is 60.7 Å². The minimum Gasteiger partial charge on any atom is -0.493 e. The number of amides is 1. The van der Waals surface area contributed by atoms with E-state index in [4.69, 9.17) is 4.74 Å². The van der Waals surface area contributed by atoms with Crippen LogP contribution in [0.2, 0.25) is 0 Å². The lowest BCUT2D eigenvalue weighted by atomic mass is 9.88. The van der Waals surface area contributed by atoms with Crippen molar-refractivity contribution in [2.75, 3.05) is 26.2 Å². The fraction of sp³-hybridized carbons (Fsp3) is 0.345. The molecule has 2 heterocycles. The predicted octanol–water partition coefficient (Wildman–Crippen LogP) is 5.04. The van der Waals surface area contributed by atoms with Gasteiger partial charge in [-0.25, -0.2) is 0 Å².